The highest BCUT2D eigenvalue weighted by Gasteiger charge is 2.30. The van der Waals surface area contributed by atoms with Crippen LogP contribution in [0.2, 0.25) is 0 Å². The van der Waals surface area contributed by atoms with E-state index in [9.17, 15) is 43.2 Å². The summed E-state index contributed by atoms with van der Waals surface area (Å²) in [6.45, 7) is 12.1. The Hall–Kier alpha value is -1.94. The fraction of sp³-hybridized carbons (Fsp3) is 0.953. The van der Waals surface area contributed by atoms with E-state index in [0.717, 1.165) is 108 Å². The number of hydrogen-bond donors (Lipinski definition) is 3. The van der Waals surface area contributed by atoms with Gasteiger partial charge in [-0.2, -0.15) is 0 Å². The molecule has 17 nitrogen and oxygen atoms in total. The topological polar surface area (TPSA) is 237 Å². The van der Waals surface area contributed by atoms with Crippen molar-refractivity contribution in [3.05, 3.63) is 0 Å². The Bertz CT molecular complexity index is 2030. The van der Waals surface area contributed by atoms with Gasteiger partial charge in [0.15, 0.2) is 12.2 Å². The maximum absolute atomic E-state index is 13.1. The fourth-order valence-corrected chi connectivity index (χ4v) is 14.9. The second kappa shape index (κ2) is 76.1. The van der Waals surface area contributed by atoms with Crippen molar-refractivity contribution in [3.8, 4) is 0 Å². The molecule has 0 aromatic carbocycles. The van der Waals surface area contributed by atoms with Crippen molar-refractivity contribution in [2.75, 3.05) is 39.6 Å². The first kappa shape index (κ1) is 103. The smallest absolute Gasteiger partial charge is 0.462 e. The lowest BCUT2D eigenvalue weighted by atomic mass is 9.99. The molecule has 0 aliphatic rings. The molecular weight excluding hydrogens is 1370 g/mol. The summed E-state index contributed by atoms with van der Waals surface area (Å²) < 4.78 is 68.9. The summed E-state index contributed by atoms with van der Waals surface area (Å²) in [6, 6.07) is 0. The zero-order valence-electron chi connectivity index (χ0n) is 69.2. The van der Waals surface area contributed by atoms with Crippen LogP contribution in [-0.2, 0) is 65.4 Å². The molecule has 0 fully saturated rings. The van der Waals surface area contributed by atoms with E-state index in [0.29, 0.717) is 25.7 Å². The van der Waals surface area contributed by atoms with Gasteiger partial charge in [-0.05, 0) is 43.4 Å². The molecule has 0 rings (SSSR count). The molecule has 0 spiro atoms. The van der Waals surface area contributed by atoms with Crippen LogP contribution in [0.5, 0.6) is 0 Å². The van der Waals surface area contributed by atoms with E-state index in [2.05, 4.69) is 48.5 Å². The maximum atomic E-state index is 13.1. The molecule has 105 heavy (non-hydrogen) atoms. The molecule has 7 atom stereocenters. The fourth-order valence-electron chi connectivity index (χ4n) is 13.3. The Morgan fingerprint density at radius 1 is 0.276 bits per heavy atom. The molecule has 624 valence electrons. The number of carbonyl (C=O) groups is 4. The molecular formula is C86H168O17P2. The van der Waals surface area contributed by atoms with Crippen molar-refractivity contribution in [3.63, 3.8) is 0 Å². The van der Waals surface area contributed by atoms with Gasteiger partial charge in [-0.3, -0.25) is 37.3 Å². The predicted octanol–water partition coefficient (Wildman–Crippen LogP) is 26.1. The number of phosphoric acid groups is 2. The van der Waals surface area contributed by atoms with Crippen LogP contribution in [-0.4, -0.2) is 96.7 Å². The van der Waals surface area contributed by atoms with E-state index < -0.39 is 97.5 Å². The summed E-state index contributed by atoms with van der Waals surface area (Å²) in [5.74, 6) is 0.393. The van der Waals surface area contributed by atoms with Crippen molar-refractivity contribution in [1.29, 1.82) is 0 Å². The second-order valence-electron chi connectivity index (χ2n) is 31.9. The van der Waals surface area contributed by atoms with Gasteiger partial charge in [0.25, 0.3) is 0 Å². The summed E-state index contributed by atoms with van der Waals surface area (Å²) >= 11 is 0. The van der Waals surface area contributed by atoms with Gasteiger partial charge in [0.05, 0.1) is 26.4 Å². The van der Waals surface area contributed by atoms with Crippen LogP contribution in [0.15, 0.2) is 0 Å². The lowest BCUT2D eigenvalue weighted by Crippen LogP contribution is -2.30. The van der Waals surface area contributed by atoms with E-state index in [4.69, 9.17) is 37.0 Å². The molecule has 19 heteroatoms. The Kier molecular flexibility index (Phi) is 74.7. The van der Waals surface area contributed by atoms with E-state index in [-0.39, 0.29) is 25.7 Å². The molecule has 4 unspecified atom stereocenters. The minimum absolute atomic E-state index is 0.107. The van der Waals surface area contributed by atoms with Crippen LogP contribution >= 0.6 is 15.6 Å². The molecule has 0 saturated carbocycles. The van der Waals surface area contributed by atoms with Gasteiger partial charge in [-0.1, -0.05) is 402 Å². The number of carbonyl (C=O) groups excluding carboxylic acids is 4. The molecule has 0 heterocycles. The monoisotopic (exact) mass is 1540 g/mol. The molecule has 0 radical (unpaired) electrons. The first-order valence-electron chi connectivity index (χ1n) is 44.4. The van der Waals surface area contributed by atoms with Gasteiger partial charge >= 0.3 is 39.5 Å². The standard InChI is InChI=1S/C86H168O17P2/c1-8-11-12-13-14-15-39-46-53-60-67-83(88)96-73-81(102-86(91)70-63-56-49-42-35-29-28-30-36-43-50-57-64-77(4)5)75-100-104(92,93)98-71-80(87)72-99-105(94,95)101-76-82(74-97-84(89)68-61-54-47-40-33-26-23-22-25-32-38-45-52-59-66-79(7)10-3)103-85(90)69-62-55-48-41-34-27-21-19-17-16-18-20-24-31-37-44-51-58-65-78(6)9-2/h77-82,87H,8-76H2,1-7H3,(H,92,93)(H,94,95)/t78?,79?,80-,81+,82+/m0/s1. The third kappa shape index (κ3) is 77.2. The number of aliphatic hydroxyl groups is 1. The number of ether oxygens (including phenoxy) is 4. The maximum Gasteiger partial charge on any atom is 0.472 e. The van der Waals surface area contributed by atoms with Gasteiger partial charge in [-0.15, -0.1) is 0 Å². The molecule has 0 aromatic heterocycles. The molecule has 0 aliphatic carbocycles. The minimum atomic E-state index is -4.97. The van der Waals surface area contributed by atoms with Crippen LogP contribution in [0.25, 0.3) is 0 Å². The Morgan fingerprint density at radius 3 is 0.724 bits per heavy atom. The van der Waals surface area contributed by atoms with Crippen LogP contribution in [0, 0.1) is 17.8 Å². The summed E-state index contributed by atoms with van der Waals surface area (Å²) in [5, 5.41) is 10.7. The van der Waals surface area contributed by atoms with Crippen LogP contribution in [0.3, 0.4) is 0 Å². The van der Waals surface area contributed by atoms with Gasteiger partial charge in [0.2, 0.25) is 0 Å². The Morgan fingerprint density at radius 2 is 0.486 bits per heavy atom. The van der Waals surface area contributed by atoms with Gasteiger partial charge in [-0.25, -0.2) is 9.13 Å². The van der Waals surface area contributed by atoms with Crippen molar-refractivity contribution >= 4 is 39.5 Å². The molecule has 0 saturated heterocycles. The van der Waals surface area contributed by atoms with E-state index in [1.165, 1.54) is 263 Å². The number of unbranched alkanes of at least 4 members (excludes halogenated alkanes) is 50. The van der Waals surface area contributed by atoms with E-state index in [1.807, 2.05) is 0 Å². The highest BCUT2D eigenvalue weighted by atomic mass is 31.2. The summed E-state index contributed by atoms with van der Waals surface area (Å²) in [5.41, 5.74) is 0. The highest BCUT2D eigenvalue weighted by molar-refractivity contribution is 7.47. The van der Waals surface area contributed by atoms with Gasteiger partial charge in [0, 0.05) is 25.7 Å². The van der Waals surface area contributed by atoms with E-state index in [1.54, 1.807) is 0 Å². The third-order valence-electron chi connectivity index (χ3n) is 20.9. The van der Waals surface area contributed by atoms with Crippen molar-refractivity contribution < 1.29 is 80.2 Å². The summed E-state index contributed by atoms with van der Waals surface area (Å²) in [6.07, 6.45) is 66.5. The first-order chi connectivity index (χ1) is 50.8. The second-order valence-corrected chi connectivity index (χ2v) is 34.8. The lowest BCUT2D eigenvalue weighted by Gasteiger charge is -2.21. The highest BCUT2D eigenvalue weighted by Crippen LogP contribution is 2.45. The number of phosphoric ester groups is 2. The average molecular weight is 1540 g/mol. The molecule has 0 aliphatic heterocycles. The first-order valence-corrected chi connectivity index (χ1v) is 47.4. The predicted molar refractivity (Wildman–Crippen MR) is 432 cm³/mol. The number of esters is 4. The summed E-state index contributed by atoms with van der Waals surface area (Å²) in [7, 11) is -9.93. The Balaban J connectivity index is 5.23. The number of hydrogen-bond acceptors (Lipinski definition) is 15. The average Bonchev–Trinajstić information content (AvgIpc) is 3.14. The minimum Gasteiger partial charge on any atom is -0.462 e. The SMILES string of the molecule is CCCCCCCCCCCCC(=O)OC[C@H](COP(=O)(O)OC[C@H](O)COP(=O)(O)OC[C@@H](COC(=O)CCCCCCCCCCCCCCCCC(C)CC)OC(=O)CCCCCCCCCCCCCCCCCCCCC(C)CC)OC(=O)CCCCCCCCCCCCCCC(C)C. The molecule has 3 N–H and O–H groups in total. The van der Waals surface area contributed by atoms with Crippen molar-refractivity contribution in [2.24, 2.45) is 17.8 Å². The molecule has 0 amide bonds. The quantitative estimate of drug-likeness (QED) is 0.0222. The lowest BCUT2D eigenvalue weighted by molar-refractivity contribution is -0.161. The van der Waals surface area contributed by atoms with E-state index >= 15 is 0 Å². The van der Waals surface area contributed by atoms with Crippen LogP contribution in [0.4, 0.5) is 0 Å². The van der Waals surface area contributed by atoms with Gasteiger partial charge < -0.3 is 33.8 Å². The molecule has 0 aromatic rings. The third-order valence-corrected chi connectivity index (χ3v) is 22.8. The zero-order chi connectivity index (χ0) is 77.2. The van der Waals surface area contributed by atoms with Crippen molar-refractivity contribution in [1.82, 2.24) is 0 Å². The van der Waals surface area contributed by atoms with Crippen molar-refractivity contribution in [2.45, 2.75) is 471 Å². The number of aliphatic hydroxyl groups excluding tert-OH is 1. The van der Waals surface area contributed by atoms with Crippen LogP contribution < -0.4 is 0 Å². The largest absolute Gasteiger partial charge is 0.472 e. The van der Waals surface area contributed by atoms with Gasteiger partial charge in [0.1, 0.15) is 19.3 Å². The zero-order valence-corrected chi connectivity index (χ0v) is 71.0. The Labute approximate surface area is 645 Å². The molecule has 0 bridgehead atoms. The normalized spacial score (nSPS) is 14.4. The number of rotatable bonds is 84. The van der Waals surface area contributed by atoms with Crippen LogP contribution in [0.1, 0.15) is 453 Å². The summed E-state index contributed by atoms with van der Waals surface area (Å²) in [4.78, 5) is 73.2.